The number of rotatable bonds is 2. The normalized spacial score (nSPS) is 9.81. The topological polar surface area (TPSA) is 61.7 Å². The number of nitrogens with zero attached hydrogens (tertiary/aromatic N) is 2. The molecule has 16 heavy (non-hydrogen) atoms. The molecule has 0 atom stereocenters. The van der Waals surface area contributed by atoms with E-state index in [0.717, 1.165) is 5.69 Å². The molecule has 0 aliphatic carbocycles. The summed E-state index contributed by atoms with van der Waals surface area (Å²) >= 11 is 5.77. The van der Waals surface area contributed by atoms with Gasteiger partial charge in [-0.15, -0.1) is 5.10 Å². The van der Waals surface area contributed by atoms with E-state index in [1.54, 1.807) is 24.3 Å². The average molecular weight is 234 g/mol. The van der Waals surface area contributed by atoms with E-state index in [9.17, 15) is 0 Å². The lowest BCUT2D eigenvalue weighted by Gasteiger charge is -2.03. The van der Waals surface area contributed by atoms with Gasteiger partial charge in [-0.2, -0.15) is 5.26 Å². The van der Waals surface area contributed by atoms with Crippen molar-refractivity contribution < 1.29 is 4.74 Å². The quantitative estimate of drug-likeness (QED) is 0.867. The Kier molecular flexibility index (Phi) is 2.80. The molecule has 4 nitrogen and oxygen atoms in total. The first-order chi connectivity index (χ1) is 7.69. The SMILES string of the molecule is Cc1cc(Oc2ccc(Cl)cc2C#N)n[nH]1. The van der Waals surface area contributed by atoms with E-state index in [2.05, 4.69) is 10.2 Å². The van der Waals surface area contributed by atoms with Gasteiger partial charge in [0.1, 0.15) is 11.8 Å². The molecular formula is C11H8ClN3O. The summed E-state index contributed by atoms with van der Waals surface area (Å²) in [6.45, 7) is 1.87. The number of halogens is 1. The molecule has 80 valence electrons. The fourth-order valence-electron chi connectivity index (χ4n) is 1.24. The van der Waals surface area contributed by atoms with Crippen molar-refractivity contribution in [2.75, 3.05) is 0 Å². The number of hydrogen-bond acceptors (Lipinski definition) is 3. The predicted octanol–water partition coefficient (Wildman–Crippen LogP) is 3.04. The maximum atomic E-state index is 8.91. The second-order valence-electron chi connectivity index (χ2n) is 3.24. The van der Waals surface area contributed by atoms with Gasteiger partial charge in [0.2, 0.25) is 5.88 Å². The Morgan fingerprint density at radius 2 is 2.25 bits per heavy atom. The van der Waals surface area contributed by atoms with Crippen LogP contribution < -0.4 is 4.74 Å². The fraction of sp³-hybridized carbons (Fsp3) is 0.0909. The Labute approximate surface area is 97.4 Å². The zero-order valence-corrected chi connectivity index (χ0v) is 9.25. The molecular weight excluding hydrogens is 226 g/mol. The molecule has 0 amide bonds. The van der Waals surface area contributed by atoms with Crippen molar-refractivity contribution in [3.63, 3.8) is 0 Å². The number of nitrogens with one attached hydrogen (secondary N) is 1. The lowest BCUT2D eigenvalue weighted by molar-refractivity contribution is 0.460. The summed E-state index contributed by atoms with van der Waals surface area (Å²) in [5.41, 5.74) is 1.27. The zero-order valence-electron chi connectivity index (χ0n) is 8.49. The van der Waals surface area contributed by atoms with Gasteiger partial charge in [-0.25, -0.2) is 0 Å². The highest BCUT2D eigenvalue weighted by Gasteiger charge is 2.07. The van der Waals surface area contributed by atoms with E-state index < -0.39 is 0 Å². The molecule has 1 aromatic heterocycles. The Balaban J connectivity index is 2.31. The summed E-state index contributed by atoms with van der Waals surface area (Å²) in [6, 6.07) is 8.62. The van der Waals surface area contributed by atoms with E-state index in [0.29, 0.717) is 22.2 Å². The van der Waals surface area contributed by atoms with Gasteiger partial charge in [0.15, 0.2) is 0 Å². The number of aromatic amines is 1. The zero-order chi connectivity index (χ0) is 11.5. The van der Waals surface area contributed by atoms with E-state index in [-0.39, 0.29) is 0 Å². The molecule has 2 aromatic rings. The van der Waals surface area contributed by atoms with Crippen LogP contribution in [-0.2, 0) is 0 Å². The van der Waals surface area contributed by atoms with Gasteiger partial charge >= 0.3 is 0 Å². The Bertz CT molecular complexity index is 557. The monoisotopic (exact) mass is 233 g/mol. The minimum Gasteiger partial charge on any atom is -0.436 e. The van der Waals surface area contributed by atoms with Crippen molar-refractivity contribution >= 4 is 11.6 Å². The number of benzene rings is 1. The summed E-state index contributed by atoms with van der Waals surface area (Å²) in [6.07, 6.45) is 0. The van der Waals surface area contributed by atoms with Crippen LogP contribution in [-0.4, -0.2) is 10.2 Å². The third kappa shape index (κ3) is 2.15. The molecule has 5 heteroatoms. The molecule has 0 radical (unpaired) electrons. The third-order valence-electron chi connectivity index (χ3n) is 1.96. The van der Waals surface area contributed by atoms with Crippen LogP contribution in [0.1, 0.15) is 11.3 Å². The van der Waals surface area contributed by atoms with Crippen LogP contribution in [0.2, 0.25) is 5.02 Å². The van der Waals surface area contributed by atoms with Crippen LogP contribution in [0, 0.1) is 18.3 Å². The van der Waals surface area contributed by atoms with Gasteiger partial charge in [-0.05, 0) is 25.1 Å². The van der Waals surface area contributed by atoms with Gasteiger partial charge in [0.05, 0.1) is 5.56 Å². The second kappa shape index (κ2) is 4.25. The Morgan fingerprint density at radius 1 is 1.44 bits per heavy atom. The standard InChI is InChI=1S/C11H8ClN3O/c1-7-4-11(15-14-7)16-10-3-2-9(12)5-8(10)6-13/h2-5H,1H3,(H,14,15). The van der Waals surface area contributed by atoms with Crippen LogP contribution in [0.15, 0.2) is 24.3 Å². The molecule has 1 aromatic carbocycles. The smallest absolute Gasteiger partial charge is 0.238 e. The van der Waals surface area contributed by atoms with E-state index in [1.165, 1.54) is 0 Å². The van der Waals surface area contributed by atoms with Gasteiger partial charge in [0.25, 0.3) is 0 Å². The van der Waals surface area contributed by atoms with Gasteiger partial charge in [-0.1, -0.05) is 11.6 Å². The highest BCUT2D eigenvalue weighted by atomic mass is 35.5. The molecule has 0 bridgehead atoms. The Morgan fingerprint density at radius 3 is 2.88 bits per heavy atom. The highest BCUT2D eigenvalue weighted by Crippen LogP contribution is 2.26. The lowest BCUT2D eigenvalue weighted by Crippen LogP contribution is -1.88. The highest BCUT2D eigenvalue weighted by molar-refractivity contribution is 6.30. The lowest BCUT2D eigenvalue weighted by atomic mass is 10.2. The maximum absolute atomic E-state index is 8.91. The molecule has 2 rings (SSSR count). The van der Waals surface area contributed by atoms with E-state index in [1.807, 2.05) is 13.0 Å². The van der Waals surface area contributed by atoms with Crippen molar-refractivity contribution in [2.45, 2.75) is 6.92 Å². The Hall–Kier alpha value is -1.99. The number of H-pyrrole nitrogens is 1. The van der Waals surface area contributed by atoms with Crippen molar-refractivity contribution in [1.82, 2.24) is 10.2 Å². The van der Waals surface area contributed by atoms with Crippen molar-refractivity contribution in [2.24, 2.45) is 0 Å². The number of aromatic nitrogens is 2. The van der Waals surface area contributed by atoms with Crippen molar-refractivity contribution in [3.05, 3.63) is 40.5 Å². The fourth-order valence-corrected chi connectivity index (χ4v) is 1.41. The predicted molar refractivity (Wildman–Crippen MR) is 59.6 cm³/mol. The molecule has 0 spiro atoms. The number of ether oxygens (including phenoxy) is 1. The average Bonchev–Trinajstić information content (AvgIpc) is 2.67. The molecule has 0 saturated heterocycles. The molecule has 1 N–H and O–H groups in total. The van der Waals surface area contributed by atoms with Crippen LogP contribution in [0.4, 0.5) is 0 Å². The summed E-state index contributed by atoms with van der Waals surface area (Å²) in [5.74, 6) is 0.870. The summed E-state index contributed by atoms with van der Waals surface area (Å²) in [7, 11) is 0. The second-order valence-corrected chi connectivity index (χ2v) is 3.68. The molecule has 0 fully saturated rings. The van der Waals surface area contributed by atoms with E-state index >= 15 is 0 Å². The maximum Gasteiger partial charge on any atom is 0.238 e. The van der Waals surface area contributed by atoms with Crippen LogP contribution >= 0.6 is 11.6 Å². The summed E-state index contributed by atoms with van der Waals surface area (Å²) in [5, 5.41) is 16.1. The molecule has 0 saturated carbocycles. The first-order valence-electron chi connectivity index (χ1n) is 4.58. The molecule has 0 unspecified atom stereocenters. The van der Waals surface area contributed by atoms with E-state index in [4.69, 9.17) is 21.6 Å². The molecule has 1 heterocycles. The third-order valence-corrected chi connectivity index (χ3v) is 2.19. The van der Waals surface area contributed by atoms with Crippen LogP contribution in [0.3, 0.4) is 0 Å². The first-order valence-corrected chi connectivity index (χ1v) is 4.96. The number of nitriles is 1. The minimum atomic E-state index is 0.383. The van der Waals surface area contributed by atoms with Crippen LogP contribution in [0.25, 0.3) is 0 Å². The van der Waals surface area contributed by atoms with Crippen molar-refractivity contribution in [1.29, 1.82) is 5.26 Å². The number of hydrogen-bond donors (Lipinski definition) is 1. The largest absolute Gasteiger partial charge is 0.436 e. The van der Waals surface area contributed by atoms with Crippen molar-refractivity contribution in [3.8, 4) is 17.7 Å². The minimum absolute atomic E-state index is 0.383. The first kappa shape index (κ1) is 10.5. The van der Waals surface area contributed by atoms with Gasteiger partial charge < -0.3 is 4.74 Å². The molecule has 0 aliphatic rings. The van der Waals surface area contributed by atoms with Gasteiger partial charge in [0, 0.05) is 16.8 Å². The number of aryl methyl sites for hydroxylation is 1. The summed E-state index contributed by atoms with van der Waals surface area (Å²) in [4.78, 5) is 0. The molecule has 0 aliphatic heterocycles. The van der Waals surface area contributed by atoms with Crippen LogP contribution in [0.5, 0.6) is 11.6 Å². The van der Waals surface area contributed by atoms with Gasteiger partial charge in [-0.3, -0.25) is 5.10 Å². The summed E-state index contributed by atoms with van der Waals surface area (Å²) < 4.78 is 5.45.